The molecule has 14 nitrogen and oxygen atoms in total. The number of nitrogens with zero attached hydrogens (tertiary/aromatic N) is 4. The number of carboxylic acids is 1. The second-order valence-corrected chi connectivity index (χ2v) is 16.3. The summed E-state index contributed by atoms with van der Waals surface area (Å²) in [5, 5.41) is 81.1. The van der Waals surface area contributed by atoms with Crippen LogP contribution in [0.15, 0.2) is 98.1 Å². The van der Waals surface area contributed by atoms with E-state index >= 15 is 0 Å². The number of carboxylic acid groups (broad SMARTS) is 1. The standard InChI is InChI=1S/C42H48N6O8S/c1-25-23-41(2,3)48-42(4,24-25)18-8-20-43-19-7-9-26-12-13-27-22-35(57-56-55-54)37(38(50)30(27)21-26)47-45-32-15-14-31(28-10-5-6-11-29(28)32)44-46-33-16-17-34(49)36(39(33)51)40(52)53/h5-6,10-17,21-22,25,43,48-51,54H,7-9,18-20,23-24H2,1-4H3,(H,52,53). The van der Waals surface area contributed by atoms with Crippen LogP contribution >= 0.6 is 12.0 Å². The zero-order valence-electron chi connectivity index (χ0n) is 32.3. The summed E-state index contributed by atoms with van der Waals surface area (Å²) in [5.74, 6) is -2.23. The van der Waals surface area contributed by atoms with E-state index in [1.807, 2.05) is 24.3 Å². The molecule has 7 N–H and O–H groups in total. The molecule has 1 fully saturated rings. The van der Waals surface area contributed by atoms with Gasteiger partial charge < -0.3 is 31.1 Å². The summed E-state index contributed by atoms with van der Waals surface area (Å²) < 4.78 is 4.73. The monoisotopic (exact) mass is 796 g/mol. The van der Waals surface area contributed by atoms with E-state index in [0.29, 0.717) is 50.4 Å². The molecule has 6 rings (SSSR count). The topological polar surface area (TPSA) is 210 Å². The lowest BCUT2D eigenvalue weighted by atomic mass is 9.74. The van der Waals surface area contributed by atoms with Gasteiger partial charge in [0, 0.05) is 27.2 Å². The lowest BCUT2D eigenvalue weighted by Crippen LogP contribution is -2.59. The molecule has 5 aromatic rings. The van der Waals surface area contributed by atoms with E-state index in [1.165, 1.54) is 18.9 Å². The number of carbonyl (C=O) groups is 1. The third-order valence-electron chi connectivity index (χ3n) is 10.2. The Bertz CT molecular complexity index is 2320. The van der Waals surface area contributed by atoms with E-state index < -0.39 is 23.0 Å². The number of azo groups is 2. The van der Waals surface area contributed by atoms with Gasteiger partial charge in [-0.25, -0.2) is 10.1 Å². The highest BCUT2D eigenvalue weighted by molar-refractivity contribution is 7.94. The van der Waals surface area contributed by atoms with Crippen molar-refractivity contribution < 1.29 is 39.8 Å². The first kappa shape index (κ1) is 41.5. The van der Waals surface area contributed by atoms with Crippen LogP contribution in [0.4, 0.5) is 22.7 Å². The number of phenolic OH excluding ortho intramolecular Hbond substituents is 1. The van der Waals surface area contributed by atoms with Crippen molar-refractivity contribution in [1.29, 1.82) is 0 Å². The highest BCUT2D eigenvalue weighted by Crippen LogP contribution is 2.45. The predicted octanol–water partition coefficient (Wildman–Crippen LogP) is 10.9. The number of aryl methyl sites for hydroxylation is 1. The maximum atomic E-state index is 11.6. The normalized spacial score (nSPS) is 18.3. The van der Waals surface area contributed by atoms with Crippen molar-refractivity contribution in [2.24, 2.45) is 26.4 Å². The van der Waals surface area contributed by atoms with Crippen molar-refractivity contribution in [2.75, 3.05) is 13.1 Å². The van der Waals surface area contributed by atoms with Crippen LogP contribution in [0.3, 0.4) is 0 Å². The van der Waals surface area contributed by atoms with Gasteiger partial charge in [0.25, 0.3) is 0 Å². The fraction of sp³-hybridized carbons (Fsp3) is 0.357. The Kier molecular flexibility index (Phi) is 13.1. The molecule has 57 heavy (non-hydrogen) atoms. The average Bonchev–Trinajstić information content (AvgIpc) is 3.15. The van der Waals surface area contributed by atoms with E-state index in [-0.39, 0.29) is 28.2 Å². The largest absolute Gasteiger partial charge is 0.507 e. The molecule has 0 aliphatic carbocycles. The summed E-state index contributed by atoms with van der Waals surface area (Å²) in [6.07, 6.45) is 6.38. The summed E-state index contributed by atoms with van der Waals surface area (Å²) >= 11 is 0.664. The number of hydrogen-bond acceptors (Lipinski definition) is 14. The van der Waals surface area contributed by atoms with Gasteiger partial charge in [-0.05, 0) is 126 Å². The number of rotatable bonds is 16. The van der Waals surface area contributed by atoms with E-state index in [1.54, 1.807) is 36.4 Å². The van der Waals surface area contributed by atoms with Crippen molar-refractivity contribution >= 4 is 62.3 Å². The van der Waals surface area contributed by atoms with Crippen LogP contribution in [-0.2, 0) is 15.8 Å². The van der Waals surface area contributed by atoms with Gasteiger partial charge in [-0.2, -0.15) is 0 Å². The van der Waals surface area contributed by atoms with Crippen LogP contribution in [0.1, 0.15) is 75.7 Å². The SMILES string of the molecule is CC1CC(C)(C)NC(C)(CCCNCCCc2ccc3cc(SOOO)c(N=Nc4ccc(N=Nc5ccc(O)c(C(=O)O)c5O)c5ccccc45)c(O)c3c2)C1. The fourth-order valence-corrected chi connectivity index (χ4v) is 8.71. The molecule has 2 unspecified atom stereocenters. The van der Waals surface area contributed by atoms with Crippen molar-refractivity contribution in [2.45, 2.75) is 82.2 Å². The van der Waals surface area contributed by atoms with Crippen molar-refractivity contribution in [1.82, 2.24) is 10.6 Å². The number of piperidine rings is 1. The van der Waals surface area contributed by atoms with Gasteiger partial charge in [-0.1, -0.05) is 48.4 Å². The number of phenols is 3. The Morgan fingerprint density at radius 2 is 1.51 bits per heavy atom. The summed E-state index contributed by atoms with van der Waals surface area (Å²) in [7, 11) is 0. The smallest absolute Gasteiger partial charge is 0.343 e. The molecule has 0 amide bonds. The zero-order valence-corrected chi connectivity index (χ0v) is 33.1. The lowest BCUT2D eigenvalue weighted by Gasteiger charge is -2.47. The molecular weight excluding hydrogens is 749 g/mol. The van der Waals surface area contributed by atoms with Crippen LogP contribution in [0, 0.1) is 5.92 Å². The highest BCUT2D eigenvalue weighted by Gasteiger charge is 2.38. The third-order valence-corrected chi connectivity index (χ3v) is 10.8. The summed E-state index contributed by atoms with van der Waals surface area (Å²) in [6.45, 7) is 11.1. The minimum Gasteiger partial charge on any atom is -0.507 e. The van der Waals surface area contributed by atoms with E-state index in [2.05, 4.69) is 63.8 Å². The molecule has 5 aromatic carbocycles. The molecule has 300 valence electrons. The van der Waals surface area contributed by atoms with Crippen molar-refractivity contribution in [3.63, 3.8) is 0 Å². The van der Waals surface area contributed by atoms with Crippen LogP contribution in [0.5, 0.6) is 17.2 Å². The Morgan fingerprint density at radius 3 is 2.19 bits per heavy atom. The Hall–Kier alpha value is -5.16. The number of aromatic carboxylic acids is 1. The Morgan fingerprint density at radius 1 is 0.842 bits per heavy atom. The molecule has 15 heteroatoms. The minimum atomic E-state index is -1.51. The predicted molar refractivity (Wildman–Crippen MR) is 220 cm³/mol. The van der Waals surface area contributed by atoms with Crippen LogP contribution in [0.2, 0.25) is 0 Å². The van der Waals surface area contributed by atoms with Gasteiger partial charge in [0.05, 0.1) is 28.3 Å². The molecule has 1 saturated heterocycles. The molecule has 1 heterocycles. The first-order chi connectivity index (χ1) is 27.3. The second-order valence-electron chi connectivity index (χ2n) is 15.6. The molecular formula is C42H48N6O8S. The van der Waals surface area contributed by atoms with Crippen LogP contribution in [-0.4, -0.2) is 55.8 Å². The lowest BCUT2D eigenvalue weighted by molar-refractivity contribution is -0.432. The van der Waals surface area contributed by atoms with Crippen LogP contribution in [0.25, 0.3) is 21.5 Å². The number of nitrogens with one attached hydrogen (secondary N) is 2. The first-order valence-corrected chi connectivity index (χ1v) is 19.6. The van der Waals surface area contributed by atoms with Crippen LogP contribution < -0.4 is 10.6 Å². The van der Waals surface area contributed by atoms with Gasteiger partial charge >= 0.3 is 5.97 Å². The molecule has 0 radical (unpaired) electrons. The van der Waals surface area contributed by atoms with Gasteiger partial charge in [-0.15, -0.1) is 24.8 Å². The Labute approximate surface area is 334 Å². The van der Waals surface area contributed by atoms with Gasteiger partial charge in [0.1, 0.15) is 22.7 Å². The molecule has 0 aromatic heterocycles. The summed E-state index contributed by atoms with van der Waals surface area (Å²) in [6, 6.07) is 20.5. The molecule has 1 aliphatic heterocycles. The highest BCUT2D eigenvalue weighted by atomic mass is 32.2. The summed E-state index contributed by atoms with van der Waals surface area (Å²) in [5.41, 5.74) is 1.49. The maximum Gasteiger partial charge on any atom is 0.343 e. The number of aromatic hydroxyl groups is 3. The van der Waals surface area contributed by atoms with Gasteiger partial charge in [0.15, 0.2) is 11.5 Å². The van der Waals surface area contributed by atoms with E-state index in [9.17, 15) is 25.2 Å². The third kappa shape index (κ3) is 10.1. The number of fused-ring (bicyclic) bond motifs is 2. The summed E-state index contributed by atoms with van der Waals surface area (Å²) in [4.78, 5) is 11.8. The van der Waals surface area contributed by atoms with Gasteiger partial charge in [0.2, 0.25) is 0 Å². The van der Waals surface area contributed by atoms with Crippen molar-refractivity contribution in [3.05, 3.63) is 83.9 Å². The molecule has 0 bridgehead atoms. The van der Waals surface area contributed by atoms with Gasteiger partial charge in [-0.3, -0.25) is 0 Å². The molecule has 2 atom stereocenters. The number of benzene rings is 5. The quantitative estimate of drug-likeness (QED) is 0.0164. The zero-order chi connectivity index (χ0) is 40.7. The second kappa shape index (κ2) is 18.0. The number of hydrogen-bond donors (Lipinski definition) is 7. The van der Waals surface area contributed by atoms with E-state index in [0.717, 1.165) is 55.8 Å². The maximum absolute atomic E-state index is 11.6. The molecule has 0 spiro atoms. The molecule has 1 aliphatic rings. The van der Waals surface area contributed by atoms with Crippen molar-refractivity contribution in [3.8, 4) is 17.2 Å². The average molecular weight is 797 g/mol. The molecule has 0 saturated carbocycles. The minimum absolute atomic E-state index is 0.104. The fourth-order valence-electron chi connectivity index (χ4n) is 8.21. The first-order valence-electron chi connectivity index (χ1n) is 18.8. The Balaban J connectivity index is 1.17. The van der Waals surface area contributed by atoms with E-state index in [4.69, 9.17) is 9.59 Å².